The lowest BCUT2D eigenvalue weighted by Crippen LogP contribution is -2.45. The van der Waals surface area contributed by atoms with Gasteiger partial charge in [0.1, 0.15) is 0 Å². The van der Waals surface area contributed by atoms with Crippen molar-refractivity contribution >= 4 is 5.91 Å². The molecule has 0 spiro atoms. The smallest absolute Gasteiger partial charge is 0.220 e. The van der Waals surface area contributed by atoms with Crippen molar-refractivity contribution in [2.45, 2.75) is 315 Å². The molecular formula is C59H111NO3. The summed E-state index contributed by atoms with van der Waals surface area (Å²) in [6, 6.07) is -0.646. The van der Waals surface area contributed by atoms with Crippen molar-refractivity contribution in [2.75, 3.05) is 6.61 Å². The summed E-state index contributed by atoms with van der Waals surface area (Å²) in [5.74, 6) is -0.0742. The Morgan fingerprint density at radius 3 is 0.921 bits per heavy atom. The van der Waals surface area contributed by atoms with E-state index in [1.165, 1.54) is 244 Å². The van der Waals surface area contributed by atoms with Crippen LogP contribution in [0.15, 0.2) is 48.6 Å². The maximum atomic E-state index is 12.5. The fourth-order valence-electron chi connectivity index (χ4n) is 8.68. The van der Waals surface area contributed by atoms with Crippen LogP contribution in [0.4, 0.5) is 0 Å². The maximum Gasteiger partial charge on any atom is 0.220 e. The van der Waals surface area contributed by atoms with Crippen molar-refractivity contribution in [3.05, 3.63) is 48.6 Å². The van der Waals surface area contributed by atoms with E-state index < -0.39 is 12.1 Å². The molecule has 0 rings (SSSR count). The molecule has 0 saturated heterocycles. The minimum absolute atomic E-state index is 0.0742. The van der Waals surface area contributed by atoms with Gasteiger partial charge < -0.3 is 15.5 Å². The number of aliphatic hydroxyl groups excluding tert-OH is 2. The zero-order chi connectivity index (χ0) is 45.6. The van der Waals surface area contributed by atoms with E-state index in [0.717, 1.165) is 38.5 Å². The van der Waals surface area contributed by atoms with Crippen LogP contribution >= 0.6 is 0 Å². The Bertz CT molecular complexity index is 1000. The zero-order valence-electron chi connectivity index (χ0n) is 42.6. The number of hydrogen-bond acceptors (Lipinski definition) is 3. The SMILES string of the molecule is CCCCCCCCCC/C=C\CCCCCCCCCCCCCCCCCC(=O)NC(CO)C(O)/C=C/CC/C=C/CC/C=C/CCCCCCCCCCCCCCCC. The van der Waals surface area contributed by atoms with Crippen LogP contribution in [0.5, 0.6) is 0 Å². The average Bonchev–Trinajstić information content (AvgIpc) is 3.29. The highest BCUT2D eigenvalue weighted by Gasteiger charge is 2.18. The molecule has 0 heterocycles. The topological polar surface area (TPSA) is 69.6 Å². The van der Waals surface area contributed by atoms with E-state index in [-0.39, 0.29) is 12.5 Å². The Kier molecular flexibility index (Phi) is 53.3. The molecular weight excluding hydrogens is 771 g/mol. The molecule has 0 bridgehead atoms. The van der Waals surface area contributed by atoms with Gasteiger partial charge >= 0.3 is 0 Å². The van der Waals surface area contributed by atoms with Crippen LogP contribution in [0, 0.1) is 0 Å². The molecule has 63 heavy (non-hydrogen) atoms. The third kappa shape index (κ3) is 51.2. The molecule has 0 aromatic carbocycles. The number of carbonyl (C=O) groups is 1. The summed E-state index contributed by atoms with van der Waals surface area (Å²) in [6.07, 6.45) is 75.6. The van der Waals surface area contributed by atoms with E-state index in [2.05, 4.69) is 55.6 Å². The molecule has 4 nitrogen and oxygen atoms in total. The summed E-state index contributed by atoms with van der Waals surface area (Å²) in [4.78, 5) is 12.5. The molecule has 0 aromatic rings. The van der Waals surface area contributed by atoms with Gasteiger partial charge in [-0.15, -0.1) is 0 Å². The second-order valence-electron chi connectivity index (χ2n) is 19.3. The summed E-state index contributed by atoms with van der Waals surface area (Å²) in [7, 11) is 0. The molecule has 0 aliphatic rings. The summed E-state index contributed by atoms with van der Waals surface area (Å²) in [5.41, 5.74) is 0. The molecule has 0 fully saturated rings. The van der Waals surface area contributed by atoms with Crippen LogP contribution in [0.2, 0.25) is 0 Å². The molecule has 3 N–H and O–H groups in total. The lowest BCUT2D eigenvalue weighted by molar-refractivity contribution is -0.123. The first-order valence-corrected chi connectivity index (χ1v) is 28.4. The van der Waals surface area contributed by atoms with Gasteiger partial charge in [-0.25, -0.2) is 0 Å². The predicted molar refractivity (Wildman–Crippen MR) is 281 cm³/mol. The van der Waals surface area contributed by atoms with E-state index in [9.17, 15) is 15.0 Å². The molecule has 0 saturated carbocycles. The highest BCUT2D eigenvalue weighted by molar-refractivity contribution is 5.76. The van der Waals surface area contributed by atoms with Gasteiger partial charge in [0.15, 0.2) is 0 Å². The number of hydrogen-bond donors (Lipinski definition) is 3. The molecule has 0 aromatic heterocycles. The standard InChI is InChI=1S/C59H111NO3/c1-3-5-7-9-11-13-15-17-19-21-23-25-27-29-30-31-33-35-37-39-41-43-45-47-49-51-53-55-59(63)60-57(56-61)58(62)54-52-50-48-46-44-42-40-38-36-34-32-28-26-24-22-20-18-16-14-12-10-8-6-4-2/h21,23,36,38,44,46,52,54,57-58,61-62H,3-20,22,24-35,37,39-43,45,47-51,53,55-56H2,1-2H3,(H,60,63)/b23-21-,38-36+,46-44+,54-52+. The fraction of sp³-hybridized carbons (Fsp3) is 0.847. The third-order valence-electron chi connectivity index (χ3n) is 13.0. The maximum absolute atomic E-state index is 12.5. The van der Waals surface area contributed by atoms with Crippen molar-refractivity contribution in [2.24, 2.45) is 0 Å². The van der Waals surface area contributed by atoms with Gasteiger partial charge in [-0.1, -0.05) is 274 Å². The first-order valence-electron chi connectivity index (χ1n) is 28.4. The molecule has 0 aliphatic heterocycles. The fourth-order valence-corrected chi connectivity index (χ4v) is 8.68. The van der Waals surface area contributed by atoms with Crippen LogP contribution in [-0.2, 0) is 4.79 Å². The summed E-state index contributed by atoms with van der Waals surface area (Å²) < 4.78 is 0. The Balaban J connectivity index is 3.54. The van der Waals surface area contributed by atoms with Crippen molar-refractivity contribution in [1.82, 2.24) is 5.32 Å². The highest BCUT2D eigenvalue weighted by atomic mass is 16.3. The van der Waals surface area contributed by atoms with Crippen LogP contribution in [0.25, 0.3) is 0 Å². The van der Waals surface area contributed by atoms with E-state index >= 15 is 0 Å². The van der Waals surface area contributed by atoms with E-state index in [1.807, 2.05) is 6.08 Å². The molecule has 4 heteroatoms. The minimum Gasteiger partial charge on any atom is -0.394 e. The molecule has 0 aliphatic carbocycles. The second-order valence-corrected chi connectivity index (χ2v) is 19.3. The Hall–Kier alpha value is -1.65. The largest absolute Gasteiger partial charge is 0.394 e. The van der Waals surface area contributed by atoms with Crippen molar-refractivity contribution in [3.63, 3.8) is 0 Å². The Labute approximate surface area is 394 Å². The normalized spacial score (nSPS) is 13.1. The molecule has 0 radical (unpaired) electrons. The van der Waals surface area contributed by atoms with E-state index in [1.54, 1.807) is 6.08 Å². The predicted octanol–water partition coefficient (Wildman–Crippen LogP) is 18.6. The van der Waals surface area contributed by atoms with Gasteiger partial charge in [0.25, 0.3) is 0 Å². The molecule has 2 atom stereocenters. The summed E-state index contributed by atoms with van der Waals surface area (Å²) in [6.45, 7) is 4.32. The molecule has 370 valence electrons. The van der Waals surface area contributed by atoms with Gasteiger partial charge in [0, 0.05) is 6.42 Å². The van der Waals surface area contributed by atoms with Crippen molar-refractivity contribution < 1.29 is 15.0 Å². The number of allylic oxidation sites excluding steroid dienone is 7. The van der Waals surface area contributed by atoms with E-state index in [4.69, 9.17) is 0 Å². The summed E-state index contributed by atoms with van der Waals surface area (Å²) >= 11 is 0. The Morgan fingerprint density at radius 2 is 0.619 bits per heavy atom. The lowest BCUT2D eigenvalue weighted by Gasteiger charge is -2.19. The van der Waals surface area contributed by atoms with Crippen molar-refractivity contribution in [3.8, 4) is 0 Å². The monoisotopic (exact) mass is 882 g/mol. The number of aliphatic hydroxyl groups is 2. The number of nitrogens with one attached hydrogen (secondary N) is 1. The van der Waals surface area contributed by atoms with Crippen LogP contribution in [0.1, 0.15) is 303 Å². The van der Waals surface area contributed by atoms with Gasteiger partial charge in [0.05, 0.1) is 18.8 Å². The number of unbranched alkanes of at least 4 members (excludes halogenated alkanes) is 39. The van der Waals surface area contributed by atoms with Crippen molar-refractivity contribution in [1.29, 1.82) is 0 Å². The second kappa shape index (κ2) is 54.7. The Morgan fingerprint density at radius 1 is 0.365 bits per heavy atom. The quantitative estimate of drug-likeness (QED) is 0.0421. The zero-order valence-corrected chi connectivity index (χ0v) is 42.6. The van der Waals surface area contributed by atoms with Gasteiger partial charge in [-0.05, 0) is 70.6 Å². The van der Waals surface area contributed by atoms with Gasteiger partial charge in [-0.2, -0.15) is 0 Å². The number of rotatable bonds is 52. The third-order valence-corrected chi connectivity index (χ3v) is 13.0. The number of carbonyl (C=O) groups excluding carboxylic acids is 1. The van der Waals surface area contributed by atoms with Crippen LogP contribution < -0.4 is 5.32 Å². The van der Waals surface area contributed by atoms with Crippen LogP contribution in [0.3, 0.4) is 0 Å². The van der Waals surface area contributed by atoms with Crippen LogP contribution in [-0.4, -0.2) is 34.9 Å². The summed E-state index contributed by atoms with van der Waals surface area (Å²) in [5, 5.41) is 23.1. The minimum atomic E-state index is -0.871. The number of amides is 1. The molecule has 2 unspecified atom stereocenters. The first kappa shape index (κ1) is 61.4. The average molecular weight is 883 g/mol. The highest BCUT2D eigenvalue weighted by Crippen LogP contribution is 2.16. The van der Waals surface area contributed by atoms with E-state index in [0.29, 0.717) is 6.42 Å². The lowest BCUT2D eigenvalue weighted by atomic mass is 10.0. The molecule has 1 amide bonds. The van der Waals surface area contributed by atoms with Gasteiger partial charge in [0.2, 0.25) is 5.91 Å². The van der Waals surface area contributed by atoms with Gasteiger partial charge in [-0.3, -0.25) is 4.79 Å². The first-order chi connectivity index (χ1) is 31.2.